The number of hydrogen-bond acceptors (Lipinski definition) is 8. The van der Waals surface area contributed by atoms with Gasteiger partial charge in [-0.25, -0.2) is 9.78 Å². The smallest absolute Gasteiger partial charge is 0.444 e. The number of anilines is 1. The van der Waals surface area contributed by atoms with Gasteiger partial charge in [-0.15, -0.1) is 13.2 Å². The Bertz CT molecular complexity index is 1720. The lowest BCUT2D eigenvalue weighted by Crippen LogP contribution is -2.51. The third-order valence-corrected chi connectivity index (χ3v) is 8.88. The van der Waals surface area contributed by atoms with Gasteiger partial charge in [0.1, 0.15) is 17.5 Å². The van der Waals surface area contributed by atoms with Crippen LogP contribution in [-0.4, -0.2) is 88.2 Å². The van der Waals surface area contributed by atoms with Gasteiger partial charge in [0.15, 0.2) is 5.75 Å². The lowest BCUT2D eigenvalue weighted by atomic mass is 9.89. The predicted octanol–water partition coefficient (Wildman–Crippen LogP) is 5.20. The van der Waals surface area contributed by atoms with Crippen molar-refractivity contribution in [2.75, 3.05) is 44.7 Å². The molecule has 1 aliphatic carbocycles. The van der Waals surface area contributed by atoms with E-state index < -0.39 is 34.7 Å². The Kier molecular flexibility index (Phi) is 8.68. The molecule has 2 aliphatic heterocycles. The summed E-state index contributed by atoms with van der Waals surface area (Å²) in [7, 11) is 0. The molecule has 3 aromatic rings. The highest BCUT2D eigenvalue weighted by Crippen LogP contribution is 2.44. The molecule has 3 fully saturated rings. The van der Waals surface area contributed by atoms with Crippen LogP contribution >= 0.6 is 0 Å². The molecule has 2 aromatic carbocycles. The number of nitrogens with one attached hydrogen (secondary N) is 1. The molecule has 0 unspecified atom stereocenters. The Balaban J connectivity index is 1.23. The van der Waals surface area contributed by atoms with Gasteiger partial charge in [0.05, 0.1) is 35.5 Å². The summed E-state index contributed by atoms with van der Waals surface area (Å²) in [6, 6.07) is 9.11. The number of benzene rings is 2. The molecule has 0 atom stereocenters. The second-order valence-corrected chi connectivity index (χ2v) is 13.3. The number of alkyl halides is 3. The van der Waals surface area contributed by atoms with E-state index in [-0.39, 0.29) is 23.4 Å². The molecule has 6 rings (SSSR count). The van der Waals surface area contributed by atoms with Crippen LogP contribution in [-0.2, 0) is 14.3 Å². The van der Waals surface area contributed by atoms with Crippen molar-refractivity contribution >= 4 is 28.6 Å². The fourth-order valence-corrected chi connectivity index (χ4v) is 6.31. The minimum absolute atomic E-state index is 0.168. The van der Waals surface area contributed by atoms with Crippen molar-refractivity contribution in [1.29, 1.82) is 0 Å². The molecule has 2 amide bonds. The van der Waals surface area contributed by atoms with Gasteiger partial charge in [0, 0.05) is 26.2 Å². The average molecular weight is 658 g/mol. The summed E-state index contributed by atoms with van der Waals surface area (Å²) in [4.78, 5) is 47.7. The zero-order chi connectivity index (χ0) is 33.6. The largest absolute Gasteiger partial charge is 0.573 e. The van der Waals surface area contributed by atoms with Crippen LogP contribution in [0, 0.1) is 0 Å². The molecule has 1 aromatic heterocycles. The van der Waals surface area contributed by atoms with E-state index in [2.05, 4.69) is 15.0 Å². The zero-order valence-electron chi connectivity index (χ0n) is 26.6. The van der Waals surface area contributed by atoms with Crippen LogP contribution in [0.5, 0.6) is 5.75 Å². The molecule has 47 heavy (non-hydrogen) atoms. The summed E-state index contributed by atoms with van der Waals surface area (Å²) in [6.07, 6.45) is -1.39. The standard InChI is InChI=1S/C33H38F3N5O6/c1-31(2,3)47-30(44)39-12-8-21(9-13-39)22-4-6-24-25(18-22)37-20-41(28(24)42)23-5-7-27(46-33(34,35)36)26(19-23)38-29(43)32(10-11-32)40-14-16-45-17-15-40/h4-7,18-21H,8-17H2,1-3H3,(H,38,43). The number of fused-ring (bicyclic) bond motifs is 1. The first-order chi connectivity index (χ1) is 22.2. The average Bonchev–Trinajstić information content (AvgIpc) is 3.84. The van der Waals surface area contributed by atoms with Gasteiger partial charge >= 0.3 is 12.5 Å². The van der Waals surface area contributed by atoms with Crippen LogP contribution in [0.2, 0.25) is 0 Å². The van der Waals surface area contributed by atoms with Gasteiger partial charge in [-0.3, -0.25) is 19.1 Å². The van der Waals surface area contributed by atoms with Crippen LogP contribution in [0.3, 0.4) is 0 Å². The third kappa shape index (κ3) is 7.23. The van der Waals surface area contributed by atoms with E-state index in [1.165, 1.54) is 23.0 Å². The van der Waals surface area contributed by atoms with Crippen LogP contribution < -0.4 is 15.6 Å². The molecule has 3 heterocycles. The maximum Gasteiger partial charge on any atom is 0.573 e. The molecule has 2 saturated heterocycles. The first kappa shape index (κ1) is 32.8. The second kappa shape index (κ2) is 12.5. The Morgan fingerprint density at radius 2 is 1.70 bits per heavy atom. The maximum atomic E-state index is 13.6. The molecular formula is C33H38F3N5O6. The highest BCUT2D eigenvalue weighted by molar-refractivity contribution is 6.01. The van der Waals surface area contributed by atoms with E-state index in [4.69, 9.17) is 9.47 Å². The number of ether oxygens (including phenoxy) is 3. The minimum Gasteiger partial charge on any atom is -0.444 e. The molecule has 1 N–H and O–H groups in total. The molecule has 0 bridgehead atoms. The van der Waals surface area contributed by atoms with Gasteiger partial charge in [0.2, 0.25) is 5.91 Å². The molecule has 0 spiro atoms. The number of hydrogen-bond donors (Lipinski definition) is 1. The van der Waals surface area contributed by atoms with Crippen molar-refractivity contribution in [3.63, 3.8) is 0 Å². The number of carbonyl (C=O) groups is 2. The molecule has 0 radical (unpaired) electrons. The number of carbonyl (C=O) groups excluding carboxylic acids is 2. The second-order valence-electron chi connectivity index (χ2n) is 13.3. The lowest BCUT2D eigenvalue weighted by molar-refractivity contribution is -0.274. The number of morpholine rings is 1. The molecule has 252 valence electrons. The Labute approximate surface area is 269 Å². The number of piperidine rings is 1. The van der Waals surface area contributed by atoms with Crippen molar-refractivity contribution < 1.29 is 37.0 Å². The van der Waals surface area contributed by atoms with Gasteiger partial charge in [-0.2, -0.15) is 0 Å². The number of aromatic nitrogens is 2. The number of rotatable bonds is 6. The molecule has 1 saturated carbocycles. The van der Waals surface area contributed by atoms with Crippen molar-refractivity contribution in [2.45, 2.75) is 69.9 Å². The van der Waals surface area contributed by atoms with Crippen LogP contribution in [0.1, 0.15) is 57.9 Å². The molecule has 3 aliphatic rings. The van der Waals surface area contributed by atoms with Crippen LogP contribution in [0.25, 0.3) is 16.6 Å². The van der Waals surface area contributed by atoms with Crippen molar-refractivity contribution in [1.82, 2.24) is 19.4 Å². The van der Waals surface area contributed by atoms with Gasteiger partial charge in [0.25, 0.3) is 5.56 Å². The van der Waals surface area contributed by atoms with Gasteiger partial charge < -0.3 is 24.4 Å². The number of amides is 2. The van der Waals surface area contributed by atoms with Crippen LogP contribution in [0.4, 0.5) is 23.7 Å². The fraction of sp³-hybridized carbons (Fsp3) is 0.515. The Hall–Kier alpha value is -4.17. The summed E-state index contributed by atoms with van der Waals surface area (Å²) < 4.78 is 56.2. The monoisotopic (exact) mass is 657 g/mol. The number of likely N-dealkylation sites (tertiary alicyclic amines) is 1. The molecular weight excluding hydrogens is 619 g/mol. The van der Waals surface area contributed by atoms with Crippen molar-refractivity contribution in [3.8, 4) is 11.4 Å². The van der Waals surface area contributed by atoms with E-state index in [1.807, 2.05) is 37.8 Å². The summed E-state index contributed by atoms with van der Waals surface area (Å²) in [5.41, 5.74) is -0.324. The van der Waals surface area contributed by atoms with E-state index in [0.29, 0.717) is 63.1 Å². The van der Waals surface area contributed by atoms with Gasteiger partial charge in [-0.1, -0.05) is 6.07 Å². The van der Waals surface area contributed by atoms with Crippen molar-refractivity contribution in [2.24, 2.45) is 0 Å². The van der Waals surface area contributed by atoms with Crippen LogP contribution in [0.15, 0.2) is 47.5 Å². The molecule has 11 nitrogen and oxygen atoms in total. The fourth-order valence-electron chi connectivity index (χ4n) is 6.31. The Morgan fingerprint density at radius 1 is 1.00 bits per heavy atom. The van der Waals surface area contributed by atoms with Crippen molar-refractivity contribution in [3.05, 3.63) is 58.6 Å². The minimum atomic E-state index is -4.99. The normalized spacial score (nSPS) is 19.0. The summed E-state index contributed by atoms with van der Waals surface area (Å²) in [6.45, 7) is 8.63. The predicted molar refractivity (Wildman–Crippen MR) is 167 cm³/mol. The lowest BCUT2D eigenvalue weighted by Gasteiger charge is -2.34. The van der Waals surface area contributed by atoms with E-state index >= 15 is 0 Å². The Morgan fingerprint density at radius 3 is 2.34 bits per heavy atom. The van der Waals surface area contributed by atoms with Gasteiger partial charge in [-0.05, 0) is 88.3 Å². The molecule has 14 heteroatoms. The topological polar surface area (TPSA) is 115 Å². The first-order valence-electron chi connectivity index (χ1n) is 15.8. The third-order valence-electron chi connectivity index (χ3n) is 8.88. The number of nitrogens with zero attached hydrogens (tertiary/aromatic N) is 4. The number of halogens is 3. The van der Waals surface area contributed by atoms with E-state index in [0.717, 1.165) is 24.5 Å². The summed E-state index contributed by atoms with van der Waals surface area (Å²) in [5.74, 6) is -0.851. The SMILES string of the molecule is CC(C)(C)OC(=O)N1CCC(c2ccc3c(=O)n(-c4ccc(OC(F)(F)F)c(NC(=O)C5(N6CCOCC6)CC5)c4)cnc3c2)CC1. The first-order valence-corrected chi connectivity index (χ1v) is 15.8. The summed E-state index contributed by atoms with van der Waals surface area (Å²) >= 11 is 0. The zero-order valence-corrected chi connectivity index (χ0v) is 26.6. The maximum absolute atomic E-state index is 13.6. The summed E-state index contributed by atoms with van der Waals surface area (Å²) in [5, 5.41) is 2.98. The van der Waals surface area contributed by atoms with E-state index in [9.17, 15) is 27.6 Å². The van der Waals surface area contributed by atoms with E-state index in [1.54, 1.807) is 11.0 Å². The quantitative estimate of drug-likeness (QED) is 0.385. The highest BCUT2D eigenvalue weighted by Gasteiger charge is 2.54. The highest BCUT2D eigenvalue weighted by atomic mass is 19.4.